The van der Waals surface area contributed by atoms with E-state index >= 15 is 0 Å². The fourth-order valence-corrected chi connectivity index (χ4v) is 3.61. The molecule has 0 spiro atoms. The second-order valence-corrected chi connectivity index (χ2v) is 7.19. The van der Waals surface area contributed by atoms with Crippen molar-refractivity contribution < 1.29 is 19.1 Å². The summed E-state index contributed by atoms with van der Waals surface area (Å²) in [6, 6.07) is 5.92. The number of likely N-dealkylation sites (tertiary alicyclic amines) is 1. The van der Waals surface area contributed by atoms with Gasteiger partial charge in [0, 0.05) is 44.7 Å². The Kier molecular flexibility index (Phi) is 7.84. The molecule has 0 radical (unpaired) electrons. The number of anilines is 1. The standard InChI is InChI=1S/C21H31N3O4/c1-5-28-21(27)23-12-9-18(10-13-23)24(17(4)25)14-11-19(26)22-20-15(2)7-6-8-16(20)3/h6-8,18H,5,9-14H2,1-4H3,(H,22,26). The highest BCUT2D eigenvalue weighted by Gasteiger charge is 2.29. The van der Waals surface area contributed by atoms with Crippen molar-refractivity contribution in [1.29, 1.82) is 0 Å². The first-order valence-corrected chi connectivity index (χ1v) is 9.88. The molecule has 0 saturated carbocycles. The molecule has 1 aromatic carbocycles. The molecular formula is C21H31N3O4. The van der Waals surface area contributed by atoms with Crippen molar-refractivity contribution in [2.45, 2.75) is 53.0 Å². The fraction of sp³-hybridized carbons (Fsp3) is 0.571. The van der Waals surface area contributed by atoms with Crippen molar-refractivity contribution in [3.05, 3.63) is 29.3 Å². The molecule has 0 bridgehead atoms. The van der Waals surface area contributed by atoms with Crippen LogP contribution in [-0.2, 0) is 14.3 Å². The van der Waals surface area contributed by atoms with E-state index in [1.165, 1.54) is 6.92 Å². The van der Waals surface area contributed by atoms with Gasteiger partial charge in [0.1, 0.15) is 0 Å². The minimum atomic E-state index is -0.302. The van der Waals surface area contributed by atoms with E-state index in [4.69, 9.17) is 4.74 Å². The van der Waals surface area contributed by atoms with E-state index in [2.05, 4.69) is 5.32 Å². The molecule has 0 unspecified atom stereocenters. The lowest BCUT2D eigenvalue weighted by Crippen LogP contribution is -2.49. The number of hydrogen-bond acceptors (Lipinski definition) is 4. The second kappa shape index (κ2) is 10.1. The highest BCUT2D eigenvalue weighted by atomic mass is 16.6. The summed E-state index contributed by atoms with van der Waals surface area (Å²) in [5.41, 5.74) is 2.87. The quantitative estimate of drug-likeness (QED) is 0.811. The van der Waals surface area contributed by atoms with Gasteiger partial charge >= 0.3 is 6.09 Å². The highest BCUT2D eigenvalue weighted by Crippen LogP contribution is 2.21. The summed E-state index contributed by atoms with van der Waals surface area (Å²) in [4.78, 5) is 39.8. The summed E-state index contributed by atoms with van der Waals surface area (Å²) < 4.78 is 5.03. The number of nitrogens with one attached hydrogen (secondary N) is 1. The van der Waals surface area contributed by atoms with Crippen LogP contribution in [0.5, 0.6) is 0 Å². The Labute approximate surface area is 167 Å². The molecule has 1 fully saturated rings. The van der Waals surface area contributed by atoms with Crippen LogP contribution in [0.2, 0.25) is 0 Å². The topological polar surface area (TPSA) is 79.0 Å². The minimum Gasteiger partial charge on any atom is -0.450 e. The molecule has 0 aliphatic carbocycles. The van der Waals surface area contributed by atoms with Gasteiger partial charge in [-0.1, -0.05) is 18.2 Å². The zero-order valence-electron chi connectivity index (χ0n) is 17.3. The highest BCUT2D eigenvalue weighted by molar-refractivity contribution is 5.92. The Morgan fingerprint density at radius 2 is 1.79 bits per heavy atom. The zero-order valence-corrected chi connectivity index (χ0v) is 17.3. The summed E-state index contributed by atoms with van der Waals surface area (Å²) in [5, 5.41) is 2.97. The van der Waals surface area contributed by atoms with Gasteiger partial charge in [-0.3, -0.25) is 9.59 Å². The maximum atomic E-state index is 12.4. The molecule has 7 heteroatoms. The van der Waals surface area contributed by atoms with Crippen LogP contribution < -0.4 is 5.32 Å². The molecule has 0 atom stereocenters. The average Bonchev–Trinajstić information content (AvgIpc) is 2.65. The Bertz CT molecular complexity index is 691. The van der Waals surface area contributed by atoms with Crippen molar-refractivity contribution in [2.24, 2.45) is 0 Å². The number of carbonyl (C=O) groups is 3. The van der Waals surface area contributed by atoms with E-state index in [1.54, 1.807) is 16.7 Å². The number of ether oxygens (including phenoxy) is 1. The third kappa shape index (κ3) is 5.71. The maximum Gasteiger partial charge on any atom is 0.409 e. The SMILES string of the molecule is CCOC(=O)N1CCC(N(CCC(=O)Nc2c(C)cccc2C)C(C)=O)CC1. The number of carbonyl (C=O) groups excluding carboxylic acids is 3. The van der Waals surface area contributed by atoms with E-state index in [0.29, 0.717) is 39.1 Å². The summed E-state index contributed by atoms with van der Waals surface area (Å²) >= 11 is 0. The number of rotatable bonds is 6. The molecule has 3 amide bonds. The molecule has 154 valence electrons. The van der Waals surface area contributed by atoms with E-state index in [9.17, 15) is 14.4 Å². The zero-order chi connectivity index (χ0) is 20.7. The first-order chi connectivity index (χ1) is 13.3. The predicted molar refractivity (Wildman–Crippen MR) is 108 cm³/mol. The van der Waals surface area contributed by atoms with E-state index < -0.39 is 0 Å². The van der Waals surface area contributed by atoms with Gasteiger partial charge in [0.2, 0.25) is 11.8 Å². The number of para-hydroxylation sites is 1. The van der Waals surface area contributed by atoms with Crippen LogP contribution in [-0.4, -0.2) is 60.0 Å². The van der Waals surface area contributed by atoms with Crippen molar-refractivity contribution in [3.63, 3.8) is 0 Å². The third-order valence-corrected chi connectivity index (χ3v) is 5.16. The number of hydrogen-bond donors (Lipinski definition) is 1. The van der Waals surface area contributed by atoms with Gasteiger partial charge in [-0.2, -0.15) is 0 Å². The van der Waals surface area contributed by atoms with Gasteiger partial charge in [0.05, 0.1) is 6.61 Å². The number of nitrogens with zero attached hydrogens (tertiary/aromatic N) is 2. The van der Waals surface area contributed by atoms with Crippen molar-refractivity contribution in [1.82, 2.24) is 9.80 Å². The number of aryl methyl sites for hydroxylation is 2. The summed E-state index contributed by atoms with van der Waals surface area (Å²) in [6.07, 6.45) is 1.32. The lowest BCUT2D eigenvalue weighted by atomic mass is 10.0. The lowest BCUT2D eigenvalue weighted by Gasteiger charge is -2.37. The van der Waals surface area contributed by atoms with Crippen molar-refractivity contribution in [2.75, 3.05) is 31.6 Å². The number of amides is 3. The summed E-state index contributed by atoms with van der Waals surface area (Å²) in [7, 11) is 0. The molecule has 1 aromatic rings. The molecule has 7 nitrogen and oxygen atoms in total. The fourth-order valence-electron chi connectivity index (χ4n) is 3.61. The van der Waals surface area contributed by atoms with Gasteiger partial charge < -0.3 is 19.9 Å². The first kappa shape index (κ1) is 21.7. The lowest BCUT2D eigenvalue weighted by molar-refractivity contribution is -0.132. The Morgan fingerprint density at radius 1 is 1.18 bits per heavy atom. The molecule has 1 saturated heterocycles. The van der Waals surface area contributed by atoms with Crippen LogP contribution in [0.15, 0.2) is 18.2 Å². The van der Waals surface area contributed by atoms with Gasteiger partial charge in [-0.05, 0) is 44.7 Å². The molecule has 1 heterocycles. The van der Waals surface area contributed by atoms with Gasteiger partial charge in [0.25, 0.3) is 0 Å². The molecule has 28 heavy (non-hydrogen) atoms. The van der Waals surface area contributed by atoms with Crippen LogP contribution in [0, 0.1) is 13.8 Å². The minimum absolute atomic E-state index is 0.0381. The Balaban J connectivity index is 1.89. The van der Waals surface area contributed by atoms with E-state index in [0.717, 1.165) is 16.8 Å². The van der Waals surface area contributed by atoms with Crippen molar-refractivity contribution >= 4 is 23.6 Å². The first-order valence-electron chi connectivity index (χ1n) is 9.88. The second-order valence-electron chi connectivity index (χ2n) is 7.19. The Morgan fingerprint density at radius 3 is 2.32 bits per heavy atom. The largest absolute Gasteiger partial charge is 0.450 e. The predicted octanol–water partition coefficient (Wildman–Crippen LogP) is 3.10. The summed E-state index contributed by atoms with van der Waals surface area (Å²) in [6.45, 7) is 9.07. The normalized spacial score (nSPS) is 14.5. The smallest absolute Gasteiger partial charge is 0.409 e. The summed E-state index contributed by atoms with van der Waals surface area (Å²) in [5.74, 6) is -0.151. The molecule has 1 aliphatic rings. The van der Waals surface area contributed by atoms with E-state index in [-0.39, 0.29) is 30.4 Å². The number of benzene rings is 1. The van der Waals surface area contributed by atoms with E-state index in [1.807, 2.05) is 32.0 Å². The molecule has 1 aliphatic heterocycles. The Hall–Kier alpha value is -2.57. The van der Waals surface area contributed by atoms with Crippen LogP contribution in [0.25, 0.3) is 0 Å². The van der Waals surface area contributed by atoms with Crippen LogP contribution in [0.3, 0.4) is 0 Å². The number of piperidine rings is 1. The van der Waals surface area contributed by atoms with Crippen LogP contribution in [0.4, 0.5) is 10.5 Å². The van der Waals surface area contributed by atoms with Crippen LogP contribution in [0.1, 0.15) is 44.2 Å². The monoisotopic (exact) mass is 389 g/mol. The molecule has 1 N–H and O–H groups in total. The molecule has 2 rings (SSSR count). The molecular weight excluding hydrogens is 358 g/mol. The van der Waals surface area contributed by atoms with Gasteiger partial charge in [0.15, 0.2) is 0 Å². The van der Waals surface area contributed by atoms with Gasteiger partial charge in [-0.25, -0.2) is 4.79 Å². The third-order valence-electron chi connectivity index (χ3n) is 5.16. The van der Waals surface area contributed by atoms with Gasteiger partial charge in [-0.15, -0.1) is 0 Å². The average molecular weight is 389 g/mol. The van der Waals surface area contributed by atoms with Crippen molar-refractivity contribution in [3.8, 4) is 0 Å². The maximum absolute atomic E-state index is 12.4. The molecule has 0 aromatic heterocycles. The van der Waals surface area contributed by atoms with Crippen LogP contribution >= 0.6 is 0 Å².